The lowest BCUT2D eigenvalue weighted by Gasteiger charge is -2.24. The third-order valence-electron chi connectivity index (χ3n) is 14.3. The number of carbonyl (C=O) groups is 4. The molecule has 6 atom stereocenters. The van der Waals surface area contributed by atoms with E-state index in [0.717, 1.165) is 57.8 Å². The van der Waals surface area contributed by atoms with Crippen LogP contribution >= 0.6 is 0 Å². The maximum absolute atomic E-state index is 11.9. The summed E-state index contributed by atoms with van der Waals surface area (Å²) in [7, 11) is 0. The number of carboxylic acid groups (broad SMARTS) is 1. The Morgan fingerprint density at radius 1 is 0.474 bits per heavy atom. The first kappa shape index (κ1) is 75.7. The molecule has 0 aliphatic carbocycles. The quantitative estimate of drug-likeness (QED) is 0.0189. The second-order valence-electron chi connectivity index (χ2n) is 21.7. The SMILES string of the molecule is CC(OC(=O)CCCCCCCCCCCCCCCCCO)C(=O)O.CCCCCCCCCCCCCCCC(=O)O[C@H](CO)[C@H]1OC[C@H](O)[C@H]1O.CCCCCCCCCCCCCCCCOC(=O)C(C)O. The zero-order valence-corrected chi connectivity index (χ0v) is 49.4. The zero-order valence-electron chi connectivity index (χ0n) is 49.4. The Bertz CT molecular complexity index is 1270. The maximum atomic E-state index is 11.9. The first-order chi connectivity index (χ1) is 36.9. The summed E-state index contributed by atoms with van der Waals surface area (Å²) in [6, 6.07) is 0. The van der Waals surface area contributed by atoms with Gasteiger partial charge in [-0.25, -0.2) is 9.59 Å². The minimum Gasteiger partial charge on any atom is -0.479 e. The van der Waals surface area contributed by atoms with E-state index < -0.39 is 61.1 Å². The van der Waals surface area contributed by atoms with Crippen LogP contribution in [0.4, 0.5) is 0 Å². The van der Waals surface area contributed by atoms with Crippen LogP contribution in [0.15, 0.2) is 0 Å². The topological polar surface area (TPSA) is 227 Å². The highest BCUT2D eigenvalue weighted by Gasteiger charge is 2.41. The fourth-order valence-corrected chi connectivity index (χ4v) is 9.25. The van der Waals surface area contributed by atoms with Crippen molar-refractivity contribution in [3.63, 3.8) is 0 Å². The smallest absolute Gasteiger partial charge is 0.344 e. The lowest BCUT2D eigenvalue weighted by molar-refractivity contribution is -0.163. The molecule has 0 spiro atoms. The molecule has 452 valence electrons. The van der Waals surface area contributed by atoms with Crippen LogP contribution in [0.1, 0.15) is 310 Å². The Balaban J connectivity index is 0. The number of unbranched alkanes of at least 4 members (excludes halogenated alkanes) is 39. The number of ether oxygens (including phenoxy) is 4. The van der Waals surface area contributed by atoms with E-state index in [9.17, 15) is 34.5 Å². The molecule has 0 aromatic rings. The van der Waals surface area contributed by atoms with Gasteiger partial charge in [-0.1, -0.05) is 258 Å². The van der Waals surface area contributed by atoms with E-state index in [1.807, 2.05) is 0 Å². The van der Waals surface area contributed by atoms with Gasteiger partial charge in [-0.05, 0) is 39.5 Å². The summed E-state index contributed by atoms with van der Waals surface area (Å²) in [5.41, 5.74) is 0. The third kappa shape index (κ3) is 52.3. The predicted molar refractivity (Wildman–Crippen MR) is 306 cm³/mol. The molecule has 14 nitrogen and oxygen atoms in total. The highest BCUT2D eigenvalue weighted by molar-refractivity contribution is 5.77. The second-order valence-corrected chi connectivity index (χ2v) is 21.7. The summed E-state index contributed by atoms with van der Waals surface area (Å²) in [6.45, 7) is 7.66. The van der Waals surface area contributed by atoms with E-state index in [4.69, 9.17) is 34.3 Å². The van der Waals surface area contributed by atoms with Crippen LogP contribution in [0.5, 0.6) is 0 Å². The molecule has 1 aliphatic rings. The molecule has 2 unspecified atom stereocenters. The van der Waals surface area contributed by atoms with Gasteiger partial charge in [0.2, 0.25) is 0 Å². The van der Waals surface area contributed by atoms with Gasteiger partial charge in [0.1, 0.15) is 24.4 Å². The monoisotopic (exact) mass is 1090 g/mol. The number of hydrogen-bond acceptors (Lipinski definition) is 13. The molecule has 1 rings (SSSR count). The highest BCUT2D eigenvalue weighted by Crippen LogP contribution is 2.21. The van der Waals surface area contributed by atoms with Crippen LogP contribution in [0.2, 0.25) is 0 Å². The Labute approximate surface area is 464 Å². The molecule has 1 aliphatic heterocycles. The van der Waals surface area contributed by atoms with Crippen LogP contribution in [0, 0.1) is 0 Å². The number of carboxylic acids is 1. The molecule has 76 heavy (non-hydrogen) atoms. The van der Waals surface area contributed by atoms with Crippen molar-refractivity contribution >= 4 is 23.9 Å². The first-order valence-electron chi connectivity index (χ1n) is 31.5. The molecule has 6 N–H and O–H groups in total. The molecule has 0 aromatic carbocycles. The Morgan fingerprint density at radius 3 is 1.08 bits per heavy atom. The van der Waals surface area contributed by atoms with Gasteiger partial charge in [-0.2, -0.15) is 0 Å². The van der Waals surface area contributed by atoms with Crippen molar-refractivity contribution in [3.05, 3.63) is 0 Å². The average Bonchev–Trinajstić information content (AvgIpc) is 3.74. The molecule has 0 bridgehead atoms. The van der Waals surface area contributed by atoms with Crippen molar-refractivity contribution < 1.29 is 68.8 Å². The summed E-state index contributed by atoms with van der Waals surface area (Å²) in [6.07, 6.45) is 47.4. The first-order valence-corrected chi connectivity index (χ1v) is 31.5. The standard InChI is InChI=1S/C22H42O6.C21H40O5.C19H38O3/c1-2-3-4-5-6-7-8-9-10-11-12-13-14-15-20(25)28-19(16-23)22-21(26)18(24)17-27-22;1-19(21(24)25)26-20(23)17-15-13-11-9-7-5-3-2-4-6-8-10-12-14-16-18-22;1-3-4-5-6-7-8-9-10-11-12-13-14-15-16-17-22-19(21)18(2)20/h18-19,21-24,26H,2-17H2,1H3;19,22H,2-18H2,1H3,(H,24,25);18,20H,3-17H2,1-2H3/t18-,19+,21+,22+;;/m0../s1. The minimum atomic E-state index is -1.14. The Morgan fingerprint density at radius 2 is 0.789 bits per heavy atom. The maximum Gasteiger partial charge on any atom is 0.344 e. The molecule has 0 amide bonds. The van der Waals surface area contributed by atoms with Crippen molar-refractivity contribution in [1.82, 2.24) is 0 Å². The van der Waals surface area contributed by atoms with Crippen LogP contribution < -0.4 is 0 Å². The van der Waals surface area contributed by atoms with E-state index in [1.165, 1.54) is 226 Å². The van der Waals surface area contributed by atoms with Crippen LogP contribution in [-0.4, -0.2) is 118 Å². The number of aliphatic hydroxyl groups excluding tert-OH is 5. The van der Waals surface area contributed by atoms with E-state index in [1.54, 1.807) is 0 Å². The van der Waals surface area contributed by atoms with Crippen LogP contribution in [-0.2, 0) is 38.1 Å². The number of rotatable bonds is 52. The van der Waals surface area contributed by atoms with Crippen molar-refractivity contribution in [3.8, 4) is 0 Å². The number of esters is 3. The average molecular weight is 1090 g/mol. The number of aliphatic hydroxyl groups is 5. The van der Waals surface area contributed by atoms with E-state index >= 15 is 0 Å². The fourth-order valence-electron chi connectivity index (χ4n) is 9.25. The highest BCUT2D eigenvalue weighted by atomic mass is 16.6. The van der Waals surface area contributed by atoms with E-state index in [2.05, 4.69) is 13.8 Å². The Kier molecular flexibility index (Phi) is 58.6. The van der Waals surface area contributed by atoms with E-state index in [0.29, 0.717) is 26.1 Å². The van der Waals surface area contributed by atoms with Gasteiger partial charge >= 0.3 is 23.9 Å². The lowest BCUT2D eigenvalue weighted by Crippen LogP contribution is -2.43. The molecule has 0 radical (unpaired) electrons. The van der Waals surface area contributed by atoms with Crippen LogP contribution in [0.3, 0.4) is 0 Å². The predicted octanol–water partition coefficient (Wildman–Crippen LogP) is 14.1. The number of aliphatic carboxylic acids is 1. The molecule has 0 aromatic heterocycles. The van der Waals surface area contributed by atoms with Gasteiger partial charge in [-0.15, -0.1) is 0 Å². The molecule has 1 saturated heterocycles. The van der Waals surface area contributed by atoms with E-state index in [-0.39, 0.29) is 12.6 Å². The number of carbonyl (C=O) groups excluding carboxylic acids is 3. The van der Waals surface area contributed by atoms with Crippen molar-refractivity contribution in [2.45, 2.75) is 347 Å². The summed E-state index contributed by atoms with van der Waals surface area (Å²) in [5.74, 6) is -2.40. The van der Waals surface area contributed by atoms with Crippen LogP contribution in [0.25, 0.3) is 0 Å². The van der Waals surface area contributed by atoms with Crippen molar-refractivity contribution in [2.75, 3.05) is 26.4 Å². The van der Waals surface area contributed by atoms with Gasteiger partial charge in [-0.3, -0.25) is 9.59 Å². The largest absolute Gasteiger partial charge is 0.479 e. The van der Waals surface area contributed by atoms with Gasteiger partial charge in [0.25, 0.3) is 0 Å². The third-order valence-corrected chi connectivity index (χ3v) is 14.3. The zero-order chi connectivity index (χ0) is 56.5. The summed E-state index contributed by atoms with van der Waals surface area (Å²) >= 11 is 0. The Hall–Kier alpha value is -2.36. The molecule has 14 heteroatoms. The molecule has 0 saturated carbocycles. The lowest BCUT2D eigenvalue weighted by atomic mass is 10.0. The summed E-state index contributed by atoms with van der Waals surface area (Å²) in [5, 5.41) is 55.0. The van der Waals surface area contributed by atoms with Gasteiger partial charge < -0.3 is 49.6 Å². The van der Waals surface area contributed by atoms with Gasteiger partial charge in [0, 0.05) is 19.4 Å². The normalized spacial score (nSPS) is 16.2. The van der Waals surface area contributed by atoms with Crippen molar-refractivity contribution in [2.24, 2.45) is 0 Å². The van der Waals surface area contributed by atoms with Gasteiger partial charge in [0.15, 0.2) is 12.2 Å². The summed E-state index contributed by atoms with van der Waals surface area (Å²) < 4.78 is 20.1. The molecular weight excluding hydrogens is 969 g/mol. The minimum absolute atomic E-state index is 0.0151. The second kappa shape index (κ2) is 58.8. The number of hydrogen-bond donors (Lipinski definition) is 6. The fraction of sp³-hybridized carbons (Fsp3) is 0.935. The molecule has 1 fully saturated rings. The molecule has 1 heterocycles. The van der Waals surface area contributed by atoms with Gasteiger partial charge in [0.05, 0.1) is 19.8 Å². The summed E-state index contributed by atoms with van der Waals surface area (Å²) in [4.78, 5) is 44.9. The molecular formula is C62H120O14. The van der Waals surface area contributed by atoms with Crippen molar-refractivity contribution in [1.29, 1.82) is 0 Å².